The molecule has 1 aromatic heterocycles. The molecule has 2 rings (SSSR count). The van der Waals surface area contributed by atoms with Gasteiger partial charge in [-0.05, 0) is 36.4 Å². The second kappa shape index (κ2) is 4.24. The molecule has 0 saturated heterocycles. The zero-order valence-corrected chi connectivity index (χ0v) is 10.4. The smallest absolute Gasteiger partial charge is 0.312 e. The van der Waals surface area contributed by atoms with Crippen LogP contribution in [-0.2, 0) is 18.3 Å². The van der Waals surface area contributed by atoms with Gasteiger partial charge in [-0.1, -0.05) is 19.1 Å². The number of rotatable bonds is 3. The summed E-state index contributed by atoms with van der Waals surface area (Å²) in [5, 5.41) is 10.2. The summed E-state index contributed by atoms with van der Waals surface area (Å²) in [6.45, 7) is 3.84. The Kier molecular flexibility index (Phi) is 2.92. The number of benzene rings is 1. The van der Waals surface area contributed by atoms with Crippen LogP contribution < -0.4 is 0 Å². The Hall–Kier alpha value is -1.77. The average Bonchev–Trinajstić information content (AvgIpc) is 2.65. The van der Waals surface area contributed by atoms with Crippen LogP contribution in [0.3, 0.4) is 0 Å². The van der Waals surface area contributed by atoms with Crippen molar-refractivity contribution in [3.8, 4) is 0 Å². The second-order valence-electron chi connectivity index (χ2n) is 4.43. The number of aliphatic carboxylic acids is 1. The molecule has 0 fully saturated rings. The van der Waals surface area contributed by atoms with Crippen molar-refractivity contribution in [3.63, 3.8) is 0 Å². The maximum absolute atomic E-state index is 11.0. The minimum Gasteiger partial charge on any atom is -0.481 e. The quantitative estimate of drug-likeness (QED) is 0.882. The monoisotopic (exact) mass is 231 g/mol. The fourth-order valence-corrected chi connectivity index (χ4v) is 2.16. The van der Waals surface area contributed by atoms with Crippen LogP contribution >= 0.6 is 0 Å². The van der Waals surface area contributed by atoms with Gasteiger partial charge in [0.2, 0.25) is 0 Å². The van der Waals surface area contributed by atoms with E-state index in [9.17, 15) is 4.79 Å². The first kappa shape index (κ1) is 11.7. The first-order valence-electron chi connectivity index (χ1n) is 5.85. The molecule has 3 heteroatoms. The van der Waals surface area contributed by atoms with Crippen LogP contribution in [0.4, 0.5) is 0 Å². The van der Waals surface area contributed by atoms with Gasteiger partial charge in [0.1, 0.15) is 0 Å². The lowest BCUT2D eigenvalue weighted by atomic mass is 10.1. The molecule has 90 valence electrons. The van der Waals surface area contributed by atoms with Gasteiger partial charge in [0.15, 0.2) is 0 Å². The van der Waals surface area contributed by atoms with E-state index in [0.29, 0.717) is 0 Å². The van der Waals surface area contributed by atoms with Crippen LogP contribution in [0.5, 0.6) is 0 Å². The lowest BCUT2D eigenvalue weighted by Crippen LogP contribution is -2.11. The Morgan fingerprint density at radius 2 is 2.12 bits per heavy atom. The summed E-state index contributed by atoms with van der Waals surface area (Å²) >= 11 is 0. The van der Waals surface area contributed by atoms with Crippen molar-refractivity contribution in [3.05, 3.63) is 35.5 Å². The predicted octanol–water partition coefficient (Wildman–Crippen LogP) is 2.93. The highest BCUT2D eigenvalue weighted by Gasteiger charge is 2.18. The highest BCUT2D eigenvalue weighted by atomic mass is 16.4. The van der Waals surface area contributed by atoms with E-state index < -0.39 is 11.9 Å². The molecule has 0 bridgehead atoms. The fourth-order valence-electron chi connectivity index (χ4n) is 2.16. The number of carbonyl (C=O) groups is 1. The van der Waals surface area contributed by atoms with E-state index in [1.807, 2.05) is 17.7 Å². The van der Waals surface area contributed by atoms with Crippen LogP contribution in [0.15, 0.2) is 24.3 Å². The molecule has 1 N–H and O–H groups in total. The summed E-state index contributed by atoms with van der Waals surface area (Å²) < 4.78 is 1.98. The first-order valence-corrected chi connectivity index (χ1v) is 5.85. The normalized spacial score (nSPS) is 12.9. The van der Waals surface area contributed by atoms with Crippen molar-refractivity contribution in [2.45, 2.75) is 26.2 Å². The molecule has 1 unspecified atom stereocenters. The molecule has 0 saturated carbocycles. The standard InChI is InChI=1S/C14H17NO2/c1-4-10-5-6-11-8-12(9(2)14(16)17)15(3)13(11)7-10/h5-9H,4H2,1-3H3,(H,16,17). The van der Waals surface area contributed by atoms with E-state index >= 15 is 0 Å². The van der Waals surface area contributed by atoms with Crippen LogP contribution in [0.1, 0.15) is 31.0 Å². The van der Waals surface area contributed by atoms with Gasteiger partial charge in [0, 0.05) is 18.3 Å². The molecule has 17 heavy (non-hydrogen) atoms. The number of hydrogen-bond donors (Lipinski definition) is 1. The summed E-state index contributed by atoms with van der Waals surface area (Å²) in [6, 6.07) is 8.25. The maximum Gasteiger partial charge on any atom is 0.312 e. The molecule has 3 nitrogen and oxygen atoms in total. The second-order valence-corrected chi connectivity index (χ2v) is 4.43. The zero-order valence-electron chi connectivity index (χ0n) is 10.4. The highest BCUT2D eigenvalue weighted by molar-refractivity contribution is 5.85. The molecular formula is C14H17NO2. The summed E-state index contributed by atoms with van der Waals surface area (Å²) in [6.07, 6.45) is 0.991. The average molecular weight is 231 g/mol. The Bertz CT molecular complexity index is 569. The number of hydrogen-bond acceptors (Lipinski definition) is 1. The van der Waals surface area contributed by atoms with E-state index in [2.05, 4.69) is 25.1 Å². The van der Waals surface area contributed by atoms with Gasteiger partial charge >= 0.3 is 5.97 Å². The maximum atomic E-state index is 11.0. The van der Waals surface area contributed by atoms with Gasteiger partial charge < -0.3 is 9.67 Å². The van der Waals surface area contributed by atoms with Gasteiger partial charge in [-0.25, -0.2) is 0 Å². The molecule has 0 spiro atoms. The molecule has 1 heterocycles. The van der Waals surface area contributed by atoms with Crippen molar-refractivity contribution in [1.29, 1.82) is 0 Å². The minimum atomic E-state index is -0.786. The number of nitrogens with zero attached hydrogens (tertiary/aromatic N) is 1. The summed E-state index contributed by atoms with van der Waals surface area (Å²) in [4.78, 5) is 11.0. The van der Waals surface area contributed by atoms with Gasteiger partial charge in [-0.15, -0.1) is 0 Å². The number of aryl methyl sites for hydroxylation is 2. The van der Waals surface area contributed by atoms with Gasteiger partial charge in [0.25, 0.3) is 0 Å². The summed E-state index contributed by atoms with van der Waals surface area (Å²) in [7, 11) is 1.93. The lowest BCUT2D eigenvalue weighted by molar-refractivity contribution is -0.138. The number of aromatic nitrogens is 1. The van der Waals surface area contributed by atoms with E-state index in [4.69, 9.17) is 5.11 Å². The Balaban J connectivity index is 2.60. The molecule has 1 atom stereocenters. The first-order chi connectivity index (χ1) is 8.04. The Morgan fingerprint density at radius 1 is 1.41 bits per heavy atom. The Morgan fingerprint density at radius 3 is 2.71 bits per heavy atom. The van der Waals surface area contributed by atoms with Crippen molar-refractivity contribution in [1.82, 2.24) is 4.57 Å². The highest BCUT2D eigenvalue weighted by Crippen LogP contribution is 2.25. The fraction of sp³-hybridized carbons (Fsp3) is 0.357. The number of carboxylic acid groups (broad SMARTS) is 1. The molecule has 0 amide bonds. The SMILES string of the molecule is CCc1ccc2cc(C(C)C(=O)O)n(C)c2c1. The zero-order chi connectivity index (χ0) is 12.6. The van der Waals surface area contributed by atoms with Gasteiger partial charge in [0.05, 0.1) is 5.92 Å². The minimum absolute atomic E-state index is 0.475. The molecule has 0 aliphatic heterocycles. The third-order valence-corrected chi connectivity index (χ3v) is 3.37. The van der Waals surface area contributed by atoms with Crippen molar-refractivity contribution < 1.29 is 9.90 Å². The number of carboxylic acids is 1. The largest absolute Gasteiger partial charge is 0.481 e. The van der Waals surface area contributed by atoms with Crippen LogP contribution in [0.25, 0.3) is 10.9 Å². The van der Waals surface area contributed by atoms with Gasteiger partial charge in [-0.3, -0.25) is 4.79 Å². The third kappa shape index (κ3) is 1.93. The predicted molar refractivity (Wildman–Crippen MR) is 68.3 cm³/mol. The van der Waals surface area contributed by atoms with Crippen molar-refractivity contribution in [2.75, 3.05) is 0 Å². The van der Waals surface area contributed by atoms with Crippen LogP contribution in [-0.4, -0.2) is 15.6 Å². The van der Waals surface area contributed by atoms with E-state index in [-0.39, 0.29) is 0 Å². The van der Waals surface area contributed by atoms with Gasteiger partial charge in [-0.2, -0.15) is 0 Å². The van der Waals surface area contributed by atoms with E-state index in [1.165, 1.54) is 5.56 Å². The topological polar surface area (TPSA) is 42.2 Å². The molecule has 1 aromatic carbocycles. The molecule has 0 aliphatic carbocycles. The van der Waals surface area contributed by atoms with Crippen molar-refractivity contribution >= 4 is 16.9 Å². The summed E-state index contributed by atoms with van der Waals surface area (Å²) in [5.41, 5.74) is 3.22. The molecule has 0 radical (unpaired) electrons. The molecule has 2 aromatic rings. The number of fused-ring (bicyclic) bond motifs is 1. The summed E-state index contributed by atoms with van der Waals surface area (Å²) in [5.74, 6) is -1.26. The third-order valence-electron chi connectivity index (χ3n) is 3.37. The van der Waals surface area contributed by atoms with Crippen LogP contribution in [0, 0.1) is 0 Å². The molecular weight excluding hydrogens is 214 g/mol. The van der Waals surface area contributed by atoms with Crippen LogP contribution in [0.2, 0.25) is 0 Å². The van der Waals surface area contributed by atoms with E-state index in [1.54, 1.807) is 6.92 Å². The Labute approximate surface area is 101 Å². The van der Waals surface area contributed by atoms with Crippen molar-refractivity contribution in [2.24, 2.45) is 7.05 Å². The molecule has 0 aliphatic rings. The van der Waals surface area contributed by atoms with E-state index in [0.717, 1.165) is 23.0 Å². The lowest BCUT2D eigenvalue weighted by Gasteiger charge is -2.08.